The Morgan fingerprint density at radius 3 is 2.42 bits per heavy atom. The van der Waals surface area contributed by atoms with E-state index in [1.807, 2.05) is 6.92 Å². The van der Waals surface area contributed by atoms with Crippen LogP contribution in [-0.2, 0) is 17.1 Å². The van der Waals surface area contributed by atoms with E-state index in [-0.39, 0.29) is 33.9 Å². The van der Waals surface area contributed by atoms with Crippen molar-refractivity contribution in [2.45, 2.75) is 26.3 Å². The van der Waals surface area contributed by atoms with E-state index in [9.17, 15) is 17.6 Å². The Balaban J connectivity index is 2.06. The Hall–Kier alpha value is -2.97. The highest BCUT2D eigenvalue weighted by Gasteiger charge is 2.27. The van der Waals surface area contributed by atoms with Crippen molar-refractivity contribution < 1.29 is 12.8 Å². The maximum atomic E-state index is 13.6. The molecule has 1 N–H and O–H groups in total. The van der Waals surface area contributed by atoms with E-state index in [0.717, 1.165) is 11.1 Å². The Kier molecular flexibility index (Phi) is 6.16. The average molecular weight is 488 g/mol. The number of nitrogens with zero attached hydrogens (tertiary/aromatic N) is 2. The molecule has 1 atom stereocenters. The summed E-state index contributed by atoms with van der Waals surface area (Å²) >= 11 is 6.51. The third-order valence-electron chi connectivity index (χ3n) is 5.71. The lowest BCUT2D eigenvalue weighted by Gasteiger charge is -2.17. The number of fused-ring (bicyclic) bond motifs is 3. The molecule has 2 aromatic carbocycles. The zero-order chi connectivity index (χ0) is 23.9. The standard InChI is InChI=1S/C24H23ClFN3O3S/c1-4-21-17-12-23(30)29(3)13-19(17)16-11-22(28-33(31,32)5-2)20(25)10-18(16)24(27-21)14-6-8-15(26)9-7-14/h6-13,21,28H,4-5H2,1-3H3/t21-/m0/s1. The van der Waals surface area contributed by atoms with Crippen LogP contribution in [0.25, 0.3) is 11.1 Å². The molecule has 0 unspecified atom stereocenters. The number of anilines is 1. The van der Waals surface area contributed by atoms with Crippen molar-refractivity contribution in [1.82, 2.24) is 4.57 Å². The molecule has 1 aliphatic heterocycles. The fourth-order valence-corrected chi connectivity index (χ4v) is 4.81. The molecule has 33 heavy (non-hydrogen) atoms. The van der Waals surface area contributed by atoms with Crippen molar-refractivity contribution in [3.63, 3.8) is 0 Å². The Labute approximate surface area is 196 Å². The number of pyridine rings is 1. The van der Waals surface area contributed by atoms with Crippen molar-refractivity contribution >= 4 is 33.0 Å². The SMILES string of the molecule is CC[C@@H]1N=C(c2ccc(F)cc2)c2cc(Cl)c(NS(=O)(=O)CC)cc2-c2cn(C)c(=O)cc21. The van der Waals surface area contributed by atoms with E-state index in [0.29, 0.717) is 28.8 Å². The molecule has 0 radical (unpaired) electrons. The first kappa shape index (κ1) is 23.2. The number of hydrogen-bond donors (Lipinski definition) is 1. The molecule has 0 saturated heterocycles. The molecule has 2 heterocycles. The highest BCUT2D eigenvalue weighted by atomic mass is 35.5. The van der Waals surface area contributed by atoms with Crippen LogP contribution in [0.2, 0.25) is 5.02 Å². The van der Waals surface area contributed by atoms with Gasteiger partial charge in [-0.1, -0.05) is 18.5 Å². The Morgan fingerprint density at radius 2 is 1.79 bits per heavy atom. The lowest BCUT2D eigenvalue weighted by Crippen LogP contribution is -2.17. The molecule has 172 valence electrons. The van der Waals surface area contributed by atoms with Gasteiger partial charge in [0.15, 0.2) is 0 Å². The molecular formula is C24H23ClFN3O3S. The topological polar surface area (TPSA) is 80.5 Å². The quantitative estimate of drug-likeness (QED) is 0.555. The minimum atomic E-state index is -3.57. The maximum absolute atomic E-state index is 13.6. The number of aliphatic imine (C=N–C) groups is 1. The van der Waals surface area contributed by atoms with Gasteiger partial charge in [-0.3, -0.25) is 14.5 Å². The van der Waals surface area contributed by atoms with E-state index >= 15 is 0 Å². The van der Waals surface area contributed by atoms with Gasteiger partial charge < -0.3 is 4.57 Å². The van der Waals surface area contributed by atoms with Crippen LogP contribution < -0.4 is 10.3 Å². The normalized spacial score (nSPS) is 15.3. The van der Waals surface area contributed by atoms with Gasteiger partial charge in [0.2, 0.25) is 10.0 Å². The van der Waals surface area contributed by atoms with Crippen LogP contribution >= 0.6 is 11.6 Å². The summed E-state index contributed by atoms with van der Waals surface area (Å²) in [6.07, 6.45) is 2.36. The highest BCUT2D eigenvalue weighted by Crippen LogP contribution is 2.41. The summed E-state index contributed by atoms with van der Waals surface area (Å²) in [7, 11) is -1.91. The van der Waals surface area contributed by atoms with Gasteiger partial charge in [0.05, 0.1) is 28.2 Å². The van der Waals surface area contributed by atoms with Crippen LogP contribution in [0.4, 0.5) is 10.1 Å². The smallest absolute Gasteiger partial charge is 0.250 e. The lowest BCUT2D eigenvalue weighted by atomic mass is 9.91. The monoisotopic (exact) mass is 487 g/mol. The summed E-state index contributed by atoms with van der Waals surface area (Å²) < 4.78 is 42.1. The van der Waals surface area contributed by atoms with Crippen molar-refractivity contribution in [3.05, 3.63) is 86.5 Å². The first-order valence-corrected chi connectivity index (χ1v) is 12.6. The summed E-state index contributed by atoms with van der Waals surface area (Å²) in [5, 5.41) is 0.210. The van der Waals surface area contributed by atoms with E-state index < -0.39 is 10.0 Å². The fraction of sp³-hybridized carbons (Fsp3) is 0.250. The average Bonchev–Trinajstić information content (AvgIpc) is 2.90. The van der Waals surface area contributed by atoms with Gasteiger partial charge in [-0.05, 0) is 60.9 Å². The number of sulfonamides is 1. The van der Waals surface area contributed by atoms with Gasteiger partial charge in [0, 0.05) is 36.0 Å². The lowest BCUT2D eigenvalue weighted by molar-refractivity contribution is 0.602. The summed E-state index contributed by atoms with van der Waals surface area (Å²) in [6.45, 7) is 3.51. The largest absolute Gasteiger partial charge is 0.318 e. The van der Waals surface area contributed by atoms with Gasteiger partial charge in [-0.25, -0.2) is 12.8 Å². The number of nitrogens with one attached hydrogen (secondary N) is 1. The second-order valence-corrected chi connectivity index (χ2v) is 10.3. The van der Waals surface area contributed by atoms with Crippen molar-refractivity contribution in [2.24, 2.45) is 12.0 Å². The molecule has 0 fully saturated rings. The molecule has 0 spiro atoms. The van der Waals surface area contributed by atoms with E-state index in [1.54, 1.807) is 43.6 Å². The number of aryl methyl sites for hydroxylation is 1. The van der Waals surface area contributed by atoms with E-state index in [1.165, 1.54) is 23.6 Å². The molecule has 6 nitrogen and oxygen atoms in total. The van der Waals surface area contributed by atoms with Crippen LogP contribution in [0.5, 0.6) is 0 Å². The molecule has 1 aromatic heterocycles. The van der Waals surface area contributed by atoms with Gasteiger partial charge in [-0.2, -0.15) is 0 Å². The van der Waals surface area contributed by atoms with Crippen LogP contribution in [0.3, 0.4) is 0 Å². The minimum Gasteiger partial charge on any atom is -0.318 e. The first-order chi connectivity index (χ1) is 15.6. The predicted molar refractivity (Wildman–Crippen MR) is 130 cm³/mol. The van der Waals surface area contributed by atoms with Crippen LogP contribution in [-0.4, -0.2) is 24.4 Å². The maximum Gasteiger partial charge on any atom is 0.250 e. The zero-order valence-electron chi connectivity index (χ0n) is 18.4. The number of rotatable bonds is 5. The van der Waals surface area contributed by atoms with Crippen molar-refractivity contribution in [3.8, 4) is 11.1 Å². The summed E-state index contributed by atoms with van der Waals surface area (Å²) in [4.78, 5) is 17.4. The Bertz CT molecular complexity index is 1430. The predicted octanol–water partition coefficient (Wildman–Crippen LogP) is 4.91. The molecule has 0 bridgehead atoms. The molecule has 3 aromatic rings. The van der Waals surface area contributed by atoms with Gasteiger partial charge in [0.1, 0.15) is 5.82 Å². The Morgan fingerprint density at radius 1 is 1.09 bits per heavy atom. The van der Waals surface area contributed by atoms with Crippen LogP contribution in [0, 0.1) is 5.82 Å². The second-order valence-electron chi connectivity index (χ2n) is 7.88. The van der Waals surface area contributed by atoms with Gasteiger partial charge in [-0.15, -0.1) is 0 Å². The highest BCUT2D eigenvalue weighted by molar-refractivity contribution is 7.92. The second kappa shape index (κ2) is 8.76. The van der Waals surface area contributed by atoms with E-state index in [4.69, 9.17) is 16.6 Å². The van der Waals surface area contributed by atoms with Crippen LogP contribution in [0.1, 0.15) is 43.0 Å². The number of halogens is 2. The number of hydrogen-bond acceptors (Lipinski definition) is 4. The minimum absolute atomic E-state index is 0.105. The first-order valence-electron chi connectivity index (χ1n) is 10.5. The molecule has 0 amide bonds. The third kappa shape index (κ3) is 4.45. The fourth-order valence-electron chi connectivity index (χ4n) is 3.90. The molecule has 4 rings (SSSR count). The summed E-state index contributed by atoms with van der Waals surface area (Å²) in [6, 6.07) is 10.6. The number of benzene rings is 2. The van der Waals surface area contributed by atoms with Crippen molar-refractivity contribution in [2.75, 3.05) is 10.5 Å². The molecule has 0 aliphatic carbocycles. The summed E-state index contributed by atoms with van der Waals surface area (Å²) in [5.41, 5.74) is 4.20. The summed E-state index contributed by atoms with van der Waals surface area (Å²) in [5.74, 6) is -0.472. The molecule has 0 saturated carbocycles. The molecule has 1 aliphatic rings. The van der Waals surface area contributed by atoms with E-state index in [2.05, 4.69) is 4.72 Å². The number of aromatic nitrogens is 1. The third-order valence-corrected chi connectivity index (χ3v) is 7.31. The molecule has 9 heteroatoms. The molecular weight excluding hydrogens is 465 g/mol. The van der Waals surface area contributed by atoms with Crippen LogP contribution in [0.15, 0.2) is 58.4 Å². The van der Waals surface area contributed by atoms with Gasteiger partial charge >= 0.3 is 0 Å². The van der Waals surface area contributed by atoms with Gasteiger partial charge in [0.25, 0.3) is 5.56 Å². The zero-order valence-corrected chi connectivity index (χ0v) is 20.0. The van der Waals surface area contributed by atoms with Crippen molar-refractivity contribution in [1.29, 1.82) is 0 Å².